The van der Waals surface area contributed by atoms with Crippen LogP contribution in [-0.2, 0) is 9.59 Å². The van der Waals surface area contributed by atoms with Crippen molar-refractivity contribution in [3.63, 3.8) is 0 Å². The molecule has 0 fully saturated rings. The van der Waals surface area contributed by atoms with E-state index < -0.39 is 11.9 Å². The molecule has 3 rings (SSSR count). The van der Waals surface area contributed by atoms with Gasteiger partial charge in [-0.2, -0.15) is 0 Å². The summed E-state index contributed by atoms with van der Waals surface area (Å²) in [7, 11) is 4.20. The standard InChI is InChI=1S/C19H21NOS.C4H4O4/c1-20(2)13-12-18(19-11-6-14-22-19)21-17-10-5-8-15-7-3-4-9-16(15)17;5-3(6)1-2-4(7)8/h3-11,14,18H,12-13H2,1-2H3;1-2H,(H,5,6)(H,7,8)/b;2-1+/t18-;/m0./s1. The Labute approximate surface area is 179 Å². The summed E-state index contributed by atoms with van der Waals surface area (Å²) < 4.78 is 6.41. The Bertz CT molecular complexity index is 961. The highest BCUT2D eigenvalue weighted by molar-refractivity contribution is 7.10. The maximum atomic E-state index is 9.55. The van der Waals surface area contributed by atoms with Crippen LogP contribution in [-0.4, -0.2) is 47.7 Å². The predicted octanol–water partition coefficient (Wildman–Crippen LogP) is 4.68. The number of carboxylic acids is 2. The van der Waals surface area contributed by atoms with Crippen molar-refractivity contribution in [1.82, 2.24) is 4.90 Å². The zero-order chi connectivity index (χ0) is 21.9. The Kier molecular flexibility index (Phi) is 9.05. The van der Waals surface area contributed by atoms with E-state index in [1.54, 1.807) is 11.3 Å². The molecule has 1 heterocycles. The van der Waals surface area contributed by atoms with E-state index in [4.69, 9.17) is 14.9 Å². The van der Waals surface area contributed by atoms with Crippen LogP contribution in [0.5, 0.6) is 5.75 Å². The molecule has 0 saturated heterocycles. The normalized spacial score (nSPS) is 11.8. The lowest BCUT2D eigenvalue weighted by molar-refractivity contribution is -0.134. The van der Waals surface area contributed by atoms with Crippen LogP contribution < -0.4 is 4.74 Å². The number of hydrogen-bond donors (Lipinski definition) is 2. The molecule has 0 aliphatic rings. The van der Waals surface area contributed by atoms with Gasteiger partial charge < -0.3 is 19.8 Å². The number of hydrogen-bond acceptors (Lipinski definition) is 5. The molecule has 1 atom stereocenters. The number of aliphatic carboxylic acids is 2. The number of nitrogens with zero attached hydrogens (tertiary/aromatic N) is 1. The van der Waals surface area contributed by atoms with Gasteiger partial charge in [-0.3, -0.25) is 0 Å². The van der Waals surface area contributed by atoms with Crippen LogP contribution >= 0.6 is 11.3 Å². The monoisotopic (exact) mass is 427 g/mol. The minimum Gasteiger partial charge on any atom is -0.484 e. The van der Waals surface area contributed by atoms with Crippen molar-refractivity contribution >= 4 is 34.0 Å². The fourth-order valence-corrected chi connectivity index (χ4v) is 3.49. The molecule has 0 bridgehead atoms. The molecule has 6 nitrogen and oxygen atoms in total. The average molecular weight is 428 g/mol. The van der Waals surface area contributed by atoms with Gasteiger partial charge in [0, 0.05) is 35.4 Å². The summed E-state index contributed by atoms with van der Waals surface area (Å²) in [5.74, 6) is -1.55. The Balaban J connectivity index is 0.000000343. The molecule has 0 saturated carbocycles. The molecule has 30 heavy (non-hydrogen) atoms. The summed E-state index contributed by atoms with van der Waals surface area (Å²) in [5.41, 5.74) is 0. The lowest BCUT2D eigenvalue weighted by atomic mass is 10.1. The number of carbonyl (C=O) groups is 2. The second kappa shape index (κ2) is 11.7. The fourth-order valence-electron chi connectivity index (χ4n) is 2.70. The van der Waals surface area contributed by atoms with Crippen LogP contribution in [0.4, 0.5) is 0 Å². The van der Waals surface area contributed by atoms with E-state index in [1.165, 1.54) is 15.6 Å². The third-order valence-electron chi connectivity index (χ3n) is 4.09. The molecule has 0 spiro atoms. The summed E-state index contributed by atoms with van der Waals surface area (Å²) in [6.07, 6.45) is 2.20. The third kappa shape index (κ3) is 7.69. The van der Waals surface area contributed by atoms with E-state index >= 15 is 0 Å². The zero-order valence-electron chi connectivity index (χ0n) is 16.9. The van der Waals surface area contributed by atoms with Crippen LogP contribution in [0.1, 0.15) is 17.4 Å². The van der Waals surface area contributed by atoms with Gasteiger partial charge in [-0.25, -0.2) is 9.59 Å². The van der Waals surface area contributed by atoms with Crippen molar-refractivity contribution in [2.45, 2.75) is 12.5 Å². The summed E-state index contributed by atoms with van der Waals surface area (Å²) in [6, 6.07) is 18.9. The molecular formula is C23H25NO5S. The van der Waals surface area contributed by atoms with Gasteiger partial charge in [0.05, 0.1) is 0 Å². The van der Waals surface area contributed by atoms with Crippen LogP contribution in [0.3, 0.4) is 0 Å². The molecular weight excluding hydrogens is 402 g/mol. The van der Waals surface area contributed by atoms with Gasteiger partial charge in [-0.15, -0.1) is 11.3 Å². The minimum absolute atomic E-state index is 0.105. The first-order valence-corrected chi connectivity index (χ1v) is 10.2. The van der Waals surface area contributed by atoms with Gasteiger partial charge in [-0.05, 0) is 37.0 Å². The lowest BCUT2D eigenvalue weighted by Gasteiger charge is -2.21. The molecule has 0 aliphatic heterocycles. The molecule has 0 radical (unpaired) electrons. The topological polar surface area (TPSA) is 87.1 Å². The minimum atomic E-state index is -1.26. The summed E-state index contributed by atoms with van der Waals surface area (Å²) in [5, 5.41) is 20.1. The Hall–Kier alpha value is -3.16. The lowest BCUT2D eigenvalue weighted by Crippen LogP contribution is -2.18. The Morgan fingerprint density at radius 3 is 2.27 bits per heavy atom. The van der Waals surface area contributed by atoms with Crippen molar-refractivity contribution in [1.29, 1.82) is 0 Å². The van der Waals surface area contributed by atoms with Gasteiger partial charge in [-0.1, -0.05) is 42.5 Å². The maximum Gasteiger partial charge on any atom is 0.328 e. The van der Waals surface area contributed by atoms with Gasteiger partial charge in [0.25, 0.3) is 0 Å². The van der Waals surface area contributed by atoms with Crippen LogP contribution in [0, 0.1) is 0 Å². The van der Waals surface area contributed by atoms with E-state index in [2.05, 4.69) is 79.0 Å². The molecule has 3 aromatic rings. The molecule has 0 amide bonds. The molecule has 2 aromatic carbocycles. The number of benzene rings is 2. The van der Waals surface area contributed by atoms with Crippen LogP contribution in [0.15, 0.2) is 72.1 Å². The predicted molar refractivity (Wildman–Crippen MR) is 119 cm³/mol. The molecule has 2 N–H and O–H groups in total. The highest BCUT2D eigenvalue weighted by Gasteiger charge is 2.16. The van der Waals surface area contributed by atoms with Crippen molar-refractivity contribution in [2.24, 2.45) is 0 Å². The molecule has 7 heteroatoms. The van der Waals surface area contributed by atoms with Crippen molar-refractivity contribution in [3.8, 4) is 5.75 Å². The molecule has 1 aromatic heterocycles. The van der Waals surface area contributed by atoms with Crippen molar-refractivity contribution in [3.05, 3.63) is 77.0 Å². The van der Waals surface area contributed by atoms with Crippen LogP contribution in [0.2, 0.25) is 0 Å². The second-order valence-corrected chi connectivity index (χ2v) is 7.68. The van der Waals surface area contributed by atoms with E-state index in [-0.39, 0.29) is 6.10 Å². The van der Waals surface area contributed by atoms with E-state index in [0.717, 1.165) is 18.7 Å². The SMILES string of the molecule is CN(C)CC[C@H](Oc1cccc2ccccc12)c1cccs1.O=C(O)/C=C/C(=O)O. The quantitative estimate of drug-likeness (QED) is 0.508. The van der Waals surface area contributed by atoms with Crippen molar-refractivity contribution in [2.75, 3.05) is 20.6 Å². The van der Waals surface area contributed by atoms with Gasteiger partial charge in [0.2, 0.25) is 0 Å². The van der Waals surface area contributed by atoms with Gasteiger partial charge in [0.15, 0.2) is 0 Å². The van der Waals surface area contributed by atoms with E-state index in [0.29, 0.717) is 12.2 Å². The highest BCUT2D eigenvalue weighted by atomic mass is 32.1. The first-order chi connectivity index (χ1) is 14.4. The summed E-state index contributed by atoms with van der Waals surface area (Å²) in [6.45, 7) is 1.01. The molecule has 0 aliphatic carbocycles. The Morgan fingerprint density at radius 1 is 1.00 bits per heavy atom. The smallest absolute Gasteiger partial charge is 0.328 e. The van der Waals surface area contributed by atoms with Gasteiger partial charge in [0.1, 0.15) is 11.9 Å². The fraction of sp³-hybridized carbons (Fsp3) is 0.217. The highest BCUT2D eigenvalue weighted by Crippen LogP contribution is 2.32. The zero-order valence-corrected chi connectivity index (χ0v) is 17.7. The van der Waals surface area contributed by atoms with Crippen LogP contribution in [0.25, 0.3) is 10.8 Å². The number of rotatable bonds is 8. The largest absolute Gasteiger partial charge is 0.484 e. The number of thiophene rings is 1. The number of carboxylic acid groups (broad SMARTS) is 2. The van der Waals surface area contributed by atoms with E-state index in [9.17, 15) is 9.59 Å². The van der Waals surface area contributed by atoms with Gasteiger partial charge >= 0.3 is 11.9 Å². The first-order valence-electron chi connectivity index (χ1n) is 9.33. The number of fused-ring (bicyclic) bond motifs is 1. The second-order valence-electron chi connectivity index (χ2n) is 6.70. The van der Waals surface area contributed by atoms with Crippen molar-refractivity contribution < 1.29 is 24.5 Å². The first kappa shape index (κ1) is 23.1. The third-order valence-corrected chi connectivity index (χ3v) is 5.05. The number of ether oxygens (including phenoxy) is 1. The Morgan fingerprint density at radius 2 is 1.67 bits per heavy atom. The molecule has 0 unspecified atom stereocenters. The van der Waals surface area contributed by atoms with E-state index in [1.807, 2.05) is 0 Å². The molecule has 158 valence electrons. The maximum absolute atomic E-state index is 9.55. The summed E-state index contributed by atoms with van der Waals surface area (Å²) >= 11 is 1.76. The summed E-state index contributed by atoms with van der Waals surface area (Å²) in [4.78, 5) is 22.6. The average Bonchev–Trinajstić information content (AvgIpc) is 3.25.